The second-order valence-corrected chi connectivity index (χ2v) is 4.68. The molecule has 0 N–H and O–H groups in total. The number of halogens is 2. The Morgan fingerprint density at radius 2 is 1.94 bits per heavy atom. The third kappa shape index (κ3) is 3.81. The molecular weight excluding hydrogens is 245 g/mol. The van der Waals surface area contributed by atoms with Gasteiger partial charge in [0.25, 0.3) is 0 Å². The molecule has 0 amide bonds. The number of likely N-dealkylation sites (N-methyl/N-ethyl adjacent to an activating group) is 2. The predicted molar refractivity (Wildman–Crippen MR) is 70.6 cm³/mol. The van der Waals surface area contributed by atoms with Crippen LogP contribution < -0.4 is 4.90 Å². The summed E-state index contributed by atoms with van der Waals surface area (Å²) in [6.07, 6.45) is 1.76. The van der Waals surface area contributed by atoms with Gasteiger partial charge in [0.2, 0.25) is 0 Å². The molecule has 0 saturated heterocycles. The van der Waals surface area contributed by atoms with Crippen molar-refractivity contribution in [1.29, 1.82) is 0 Å². The first-order valence-corrected chi connectivity index (χ1v) is 6.02. The zero-order valence-corrected chi connectivity index (χ0v) is 11.4. The van der Waals surface area contributed by atoms with Crippen molar-refractivity contribution >= 4 is 29.0 Å². The van der Waals surface area contributed by atoms with Crippen LogP contribution >= 0.6 is 23.2 Å². The Labute approximate surface area is 107 Å². The van der Waals surface area contributed by atoms with Crippen molar-refractivity contribution in [2.75, 3.05) is 39.1 Å². The highest BCUT2D eigenvalue weighted by Crippen LogP contribution is 2.23. The van der Waals surface area contributed by atoms with E-state index in [0.717, 1.165) is 24.5 Å². The smallest absolute Gasteiger partial charge is 0.147 e. The largest absolute Gasteiger partial charge is 0.357 e. The van der Waals surface area contributed by atoms with Crippen LogP contribution in [0.1, 0.15) is 5.56 Å². The van der Waals surface area contributed by atoms with Crippen LogP contribution in [0.2, 0.25) is 5.02 Å². The van der Waals surface area contributed by atoms with E-state index in [1.807, 2.05) is 32.1 Å². The molecule has 0 unspecified atom stereocenters. The minimum absolute atomic E-state index is 0.439. The van der Waals surface area contributed by atoms with Crippen LogP contribution in [0, 0.1) is 0 Å². The monoisotopic (exact) mass is 261 g/mol. The van der Waals surface area contributed by atoms with Crippen molar-refractivity contribution in [1.82, 2.24) is 9.88 Å². The molecule has 0 bridgehead atoms. The highest BCUT2D eigenvalue weighted by molar-refractivity contribution is 6.33. The zero-order chi connectivity index (χ0) is 12.1. The lowest BCUT2D eigenvalue weighted by molar-refractivity contribution is 0.416. The fourth-order valence-corrected chi connectivity index (χ4v) is 1.76. The first-order chi connectivity index (χ1) is 7.54. The number of hydrogen-bond acceptors (Lipinski definition) is 3. The molecule has 1 aromatic heterocycles. The van der Waals surface area contributed by atoms with Gasteiger partial charge >= 0.3 is 0 Å². The maximum atomic E-state index is 6.14. The number of pyridine rings is 1. The average molecular weight is 262 g/mol. The summed E-state index contributed by atoms with van der Waals surface area (Å²) in [4.78, 5) is 8.48. The lowest BCUT2D eigenvalue weighted by Crippen LogP contribution is -2.29. The number of hydrogen-bond donors (Lipinski definition) is 0. The van der Waals surface area contributed by atoms with Gasteiger partial charge in [-0.25, -0.2) is 4.98 Å². The molecule has 5 heteroatoms. The number of nitrogens with zero attached hydrogens (tertiary/aromatic N) is 3. The number of rotatable bonds is 5. The first-order valence-electron chi connectivity index (χ1n) is 5.11. The first kappa shape index (κ1) is 13.6. The Hall–Kier alpha value is -0.510. The lowest BCUT2D eigenvalue weighted by Gasteiger charge is -2.21. The van der Waals surface area contributed by atoms with Crippen molar-refractivity contribution in [3.05, 3.63) is 22.8 Å². The summed E-state index contributed by atoms with van der Waals surface area (Å²) in [7, 11) is 6.07. The minimum atomic E-state index is 0.439. The van der Waals surface area contributed by atoms with Crippen molar-refractivity contribution in [2.24, 2.45) is 0 Å². The van der Waals surface area contributed by atoms with Crippen molar-refractivity contribution in [2.45, 2.75) is 5.88 Å². The second kappa shape index (κ2) is 6.28. The van der Waals surface area contributed by atoms with Gasteiger partial charge < -0.3 is 9.80 Å². The van der Waals surface area contributed by atoms with Gasteiger partial charge in [-0.3, -0.25) is 0 Å². The van der Waals surface area contributed by atoms with Gasteiger partial charge in [-0.1, -0.05) is 11.6 Å². The molecule has 1 rings (SSSR count). The highest BCUT2D eigenvalue weighted by atomic mass is 35.5. The zero-order valence-electron chi connectivity index (χ0n) is 9.87. The molecule has 0 aliphatic carbocycles. The molecule has 0 aliphatic rings. The van der Waals surface area contributed by atoms with Crippen LogP contribution in [0.25, 0.3) is 0 Å². The van der Waals surface area contributed by atoms with Crippen LogP contribution in [-0.4, -0.2) is 44.1 Å². The molecule has 1 aromatic rings. The van der Waals surface area contributed by atoms with E-state index in [9.17, 15) is 0 Å². The molecule has 0 radical (unpaired) electrons. The average Bonchev–Trinajstić information content (AvgIpc) is 2.25. The van der Waals surface area contributed by atoms with E-state index in [2.05, 4.69) is 9.88 Å². The van der Waals surface area contributed by atoms with E-state index in [-0.39, 0.29) is 0 Å². The van der Waals surface area contributed by atoms with Gasteiger partial charge in [-0.05, 0) is 25.7 Å². The third-order valence-corrected chi connectivity index (χ3v) is 2.86. The second-order valence-electron chi connectivity index (χ2n) is 4.01. The molecule has 90 valence electrons. The van der Waals surface area contributed by atoms with Crippen molar-refractivity contribution in [3.63, 3.8) is 0 Å². The van der Waals surface area contributed by atoms with Crippen LogP contribution in [-0.2, 0) is 5.88 Å². The summed E-state index contributed by atoms with van der Waals surface area (Å²) in [6, 6.07) is 1.86. The van der Waals surface area contributed by atoms with Gasteiger partial charge in [0.15, 0.2) is 0 Å². The van der Waals surface area contributed by atoms with E-state index >= 15 is 0 Å². The molecule has 0 fully saturated rings. The summed E-state index contributed by atoms with van der Waals surface area (Å²) >= 11 is 11.9. The van der Waals surface area contributed by atoms with Crippen LogP contribution in [0.15, 0.2) is 12.3 Å². The Bertz CT molecular complexity index is 342. The van der Waals surface area contributed by atoms with E-state index in [1.165, 1.54) is 0 Å². The van der Waals surface area contributed by atoms with Crippen LogP contribution in [0.3, 0.4) is 0 Å². The summed E-state index contributed by atoms with van der Waals surface area (Å²) < 4.78 is 0. The molecule has 0 saturated carbocycles. The molecule has 0 aromatic carbocycles. The molecule has 0 aliphatic heterocycles. The van der Waals surface area contributed by atoms with Crippen molar-refractivity contribution in [3.8, 4) is 0 Å². The summed E-state index contributed by atoms with van der Waals surface area (Å²) in [5, 5.41) is 0.652. The van der Waals surface area contributed by atoms with Gasteiger partial charge in [-0.2, -0.15) is 0 Å². The molecular formula is C11H17Cl2N3. The van der Waals surface area contributed by atoms with E-state index in [1.54, 1.807) is 6.20 Å². The Kier molecular flexibility index (Phi) is 5.32. The number of anilines is 1. The summed E-state index contributed by atoms with van der Waals surface area (Å²) in [6.45, 7) is 1.85. The summed E-state index contributed by atoms with van der Waals surface area (Å²) in [5.74, 6) is 1.24. The Morgan fingerprint density at radius 3 is 2.44 bits per heavy atom. The normalized spacial score (nSPS) is 10.9. The van der Waals surface area contributed by atoms with Gasteiger partial charge in [0.1, 0.15) is 5.82 Å². The van der Waals surface area contributed by atoms with Crippen molar-refractivity contribution < 1.29 is 0 Å². The topological polar surface area (TPSA) is 19.4 Å². The Balaban J connectivity index is 2.71. The predicted octanol–water partition coefficient (Wildman–Crippen LogP) is 2.47. The molecule has 0 atom stereocenters. The van der Waals surface area contributed by atoms with E-state index in [0.29, 0.717) is 10.9 Å². The molecule has 16 heavy (non-hydrogen) atoms. The fraction of sp³-hybridized carbons (Fsp3) is 0.545. The summed E-state index contributed by atoms with van der Waals surface area (Å²) in [5.41, 5.74) is 0.941. The SMILES string of the molecule is CN(C)CCN(C)c1ncc(CCl)cc1Cl. The lowest BCUT2D eigenvalue weighted by atomic mass is 10.3. The maximum absolute atomic E-state index is 6.14. The molecule has 3 nitrogen and oxygen atoms in total. The maximum Gasteiger partial charge on any atom is 0.147 e. The standard InChI is InChI=1S/C11H17Cl2N3/c1-15(2)4-5-16(3)11-10(13)6-9(7-12)8-14-11/h6,8H,4-5,7H2,1-3H3. The van der Waals surface area contributed by atoms with Crippen LogP contribution in [0.5, 0.6) is 0 Å². The van der Waals surface area contributed by atoms with Gasteiger partial charge in [0.05, 0.1) is 5.02 Å². The van der Waals surface area contributed by atoms with Gasteiger partial charge in [0, 0.05) is 32.2 Å². The minimum Gasteiger partial charge on any atom is -0.357 e. The van der Waals surface area contributed by atoms with Crippen LogP contribution in [0.4, 0.5) is 5.82 Å². The molecule has 1 heterocycles. The third-order valence-electron chi connectivity index (χ3n) is 2.28. The fourth-order valence-electron chi connectivity index (χ4n) is 1.28. The number of alkyl halides is 1. The van der Waals surface area contributed by atoms with E-state index < -0.39 is 0 Å². The molecule has 0 spiro atoms. The number of aromatic nitrogens is 1. The van der Waals surface area contributed by atoms with E-state index in [4.69, 9.17) is 23.2 Å². The Morgan fingerprint density at radius 1 is 1.25 bits per heavy atom. The highest BCUT2D eigenvalue weighted by Gasteiger charge is 2.08. The van der Waals surface area contributed by atoms with Gasteiger partial charge in [-0.15, -0.1) is 11.6 Å². The quantitative estimate of drug-likeness (QED) is 0.760.